The van der Waals surface area contributed by atoms with Gasteiger partial charge in [0.05, 0.1) is 0 Å². The van der Waals surface area contributed by atoms with E-state index in [0.717, 1.165) is 25.7 Å². The maximum Gasteiger partial charge on any atom is 0.246 e. The fraction of sp³-hybridized carbons (Fsp3) is 0.522. The van der Waals surface area contributed by atoms with Gasteiger partial charge >= 0.3 is 0 Å². The van der Waals surface area contributed by atoms with Crippen molar-refractivity contribution in [3.63, 3.8) is 0 Å². The standard InChI is InChI=1S/C23H30N6O4/c1-3-27(4-2)21-24-22(28-17(30)13-9-5-6-10-14(13)18(28)31)26-23(25-21)29-19(32)15-11-7-8-12-16(15)20(29)33/h30-33H,3-12H2,1-2H3. The van der Waals surface area contributed by atoms with E-state index in [9.17, 15) is 20.4 Å². The lowest BCUT2D eigenvalue weighted by Crippen LogP contribution is -2.26. The summed E-state index contributed by atoms with van der Waals surface area (Å²) in [5, 5.41) is 43.8. The third-order valence-electron chi connectivity index (χ3n) is 6.91. The molecular weight excluding hydrogens is 424 g/mol. The van der Waals surface area contributed by atoms with Gasteiger partial charge in [0.2, 0.25) is 41.4 Å². The van der Waals surface area contributed by atoms with Gasteiger partial charge in [0, 0.05) is 35.3 Å². The molecule has 0 amide bonds. The third-order valence-corrected chi connectivity index (χ3v) is 6.91. The summed E-state index contributed by atoms with van der Waals surface area (Å²) in [6.07, 6.45) is 6.45. The SMILES string of the molecule is CCN(CC)c1nc(-n2c(O)c3c(c2O)CCCC3)nc(-n2c(O)c3c(c2O)CCCC3)n1. The van der Waals surface area contributed by atoms with Crippen LogP contribution >= 0.6 is 0 Å². The molecule has 10 nitrogen and oxygen atoms in total. The van der Waals surface area contributed by atoms with E-state index in [1.165, 1.54) is 9.13 Å². The van der Waals surface area contributed by atoms with E-state index in [2.05, 4.69) is 15.0 Å². The summed E-state index contributed by atoms with van der Waals surface area (Å²) in [7, 11) is 0. The van der Waals surface area contributed by atoms with Crippen LogP contribution in [0.5, 0.6) is 23.5 Å². The molecule has 0 unspecified atom stereocenters. The highest BCUT2D eigenvalue weighted by Gasteiger charge is 2.30. The molecular formula is C23H30N6O4. The molecule has 0 fully saturated rings. The Morgan fingerprint density at radius 3 is 1.24 bits per heavy atom. The summed E-state index contributed by atoms with van der Waals surface area (Å²) in [5.41, 5.74) is 2.86. The molecule has 0 saturated carbocycles. The number of nitrogens with zero attached hydrogens (tertiary/aromatic N) is 6. The van der Waals surface area contributed by atoms with Crippen LogP contribution in [0.3, 0.4) is 0 Å². The van der Waals surface area contributed by atoms with E-state index >= 15 is 0 Å². The lowest BCUT2D eigenvalue weighted by molar-refractivity contribution is 0.391. The Kier molecular flexibility index (Phi) is 5.30. The molecule has 10 heteroatoms. The second kappa shape index (κ2) is 8.17. The zero-order valence-corrected chi connectivity index (χ0v) is 19.0. The van der Waals surface area contributed by atoms with Crippen molar-refractivity contribution in [3.8, 4) is 35.4 Å². The van der Waals surface area contributed by atoms with Crippen molar-refractivity contribution >= 4 is 5.95 Å². The largest absolute Gasteiger partial charge is 0.494 e. The minimum Gasteiger partial charge on any atom is -0.494 e. The van der Waals surface area contributed by atoms with Crippen LogP contribution < -0.4 is 4.90 Å². The van der Waals surface area contributed by atoms with Crippen molar-refractivity contribution < 1.29 is 20.4 Å². The first-order valence-corrected chi connectivity index (χ1v) is 11.8. The summed E-state index contributed by atoms with van der Waals surface area (Å²) in [5.74, 6) is 0.0925. The van der Waals surface area contributed by atoms with Crippen LogP contribution in [0.15, 0.2) is 0 Å². The number of aromatic nitrogens is 5. The van der Waals surface area contributed by atoms with Gasteiger partial charge in [0.25, 0.3) is 0 Å². The van der Waals surface area contributed by atoms with Gasteiger partial charge in [-0.15, -0.1) is 0 Å². The summed E-state index contributed by atoms with van der Waals surface area (Å²) in [4.78, 5) is 15.5. The van der Waals surface area contributed by atoms with Crippen molar-refractivity contribution in [2.75, 3.05) is 18.0 Å². The van der Waals surface area contributed by atoms with Gasteiger partial charge in [-0.05, 0) is 65.2 Å². The normalized spacial score (nSPS) is 15.3. The molecule has 0 saturated heterocycles. The van der Waals surface area contributed by atoms with Crippen LogP contribution in [0.4, 0.5) is 5.95 Å². The second-order valence-corrected chi connectivity index (χ2v) is 8.70. The van der Waals surface area contributed by atoms with Crippen molar-refractivity contribution in [1.29, 1.82) is 0 Å². The first-order chi connectivity index (χ1) is 16.0. The molecule has 33 heavy (non-hydrogen) atoms. The number of anilines is 1. The fourth-order valence-electron chi connectivity index (χ4n) is 5.11. The molecule has 3 aromatic rings. The molecule has 0 aliphatic heterocycles. The Labute approximate surface area is 191 Å². The van der Waals surface area contributed by atoms with Crippen molar-refractivity contribution in [1.82, 2.24) is 24.1 Å². The molecule has 176 valence electrons. The molecule has 3 heterocycles. The molecule has 0 bridgehead atoms. The topological polar surface area (TPSA) is 133 Å². The second-order valence-electron chi connectivity index (χ2n) is 8.70. The predicted octanol–water partition coefficient (Wildman–Crippen LogP) is 2.88. The Morgan fingerprint density at radius 2 is 0.939 bits per heavy atom. The maximum absolute atomic E-state index is 10.9. The highest BCUT2D eigenvalue weighted by Crippen LogP contribution is 2.42. The molecule has 3 aromatic heterocycles. The van der Waals surface area contributed by atoms with E-state index in [-0.39, 0.29) is 35.4 Å². The molecule has 2 aliphatic rings. The average Bonchev–Trinajstić information content (AvgIpc) is 3.24. The minimum absolute atomic E-state index is 0.0387. The van der Waals surface area contributed by atoms with Crippen LogP contribution in [0.2, 0.25) is 0 Å². The molecule has 0 aromatic carbocycles. The van der Waals surface area contributed by atoms with E-state index in [1.807, 2.05) is 18.7 Å². The Bertz CT molecular complexity index is 1070. The first-order valence-electron chi connectivity index (χ1n) is 11.8. The van der Waals surface area contributed by atoms with Crippen molar-refractivity contribution in [2.45, 2.75) is 65.2 Å². The molecule has 0 atom stereocenters. The van der Waals surface area contributed by atoms with Crippen LogP contribution in [0, 0.1) is 0 Å². The molecule has 5 rings (SSSR count). The zero-order valence-electron chi connectivity index (χ0n) is 19.0. The minimum atomic E-state index is -0.0786. The lowest BCUT2D eigenvalue weighted by atomic mass is 9.95. The number of hydrogen-bond acceptors (Lipinski definition) is 8. The summed E-state index contributed by atoms with van der Waals surface area (Å²) in [6, 6.07) is 0. The Morgan fingerprint density at radius 1 is 0.606 bits per heavy atom. The summed E-state index contributed by atoms with van der Waals surface area (Å²) in [6.45, 7) is 5.19. The lowest BCUT2D eigenvalue weighted by Gasteiger charge is -2.20. The maximum atomic E-state index is 10.9. The van der Waals surface area contributed by atoms with E-state index in [4.69, 9.17) is 0 Å². The molecule has 0 radical (unpaired) electrons. The van der Waals surface area contributed by atoms with E-state index in [0.29, 0.717) is 67.0 Å². The monoisotopic (exact) mass is 454 g/mol. The Hall–Kier alpha value is -3.43. The molecule has 0 spiro atoms. The van der Waals surface area contributed by atoms with Gasteiger partial charge in [0.15, 0.2) is 0 Å². The smallest absolute Gasteiger partial charge is 0.246 e. The van der Waals surface area contributed by atoms with Crippen molar-refractivity contribution in [3.05, 3.63) is 22.3 Å². The average molecular weight is 455 g/mol. The van der Waals surface area contributed by atoms with Gasteiger partial charge < -0.3 is 25.3 Å². The van der Waals surface area contributed by atoms with E-state index < -0.39 is 0 Å². The van der Waals surface area contributed by atoms with Crippen LogP contribution in [0.25, 0.3) is 11.9 Å². The predicted molar refractivity (Wildman–Crippen MR) is 122 cm³/mol. The van der Waals surface area contributed by atoms with Crippen LogP contribution in [0.1, 0.15) is 61.8 Å². The highest BCUT2D eigenvalue weighted by molar-refractivity contribution is 5.54. The van der Waals surface area contributed by atoms with Gasteiger partial charge in [-0.1, -0.05) is 0 Å². The van der Waals surface area contributed by atoms with E-state index in [1.54, 1.807) is 0 Å². The van der Waals surface area contributed by atoms with Gasteiger partial charge in [-0.25, -0.2) is 9.13 Å². The number of rotatable bonds is 5. The first kappa shape index (κ1) is 21.4. The van der Waals surface area contributed by atoms with Gasteiger partial charge in [0.1, 0.15) is 0 Å². The molecule has 2 aliphatic carbocycles. The van der Waals surface area contributed by atoms with Gasteiger partial charge in [-0.3, -0.25) is 0 Å². The Balaban J connectivity index is 1.74. The number of aromatic hydroxyl groups is 4. The van der Waals surface area contributed by atoms with Crippen molar-refractivity contribution in [2.24, 2.45) is 0 Å². The van der Waals surface area contributed by atoms with Gasteiger partial charge in [-0.2, -0.15) is 15.0 Å². The van der Waals surface area contributed by atoms with Crippen LogP contribution in [-0.4, -0.2) is 57.6 Å². The molecule has 4 N–H and O–H groups in total. The quantitative estimate of drug-likeness (QED) is 0.463. The number of fused-ring (bicyclic) bond motifs is 2. The van der Waals surface area contributed by atoms with Crippen LogP contribution in [-0.2, 0) is 25.7 Å². The number of hydrogen-bond donors (Lipinski definition) is 4. The summed E-state index contributed by atoms with van der Waals surface area (Å²) < 4.78 is 2.48. The third kappa shape index (κ3) is 3.27. The fourth-order valence-corrected chi connectivity index (χ4v) is 5.11. The summed E-state index contributed by atoms with van der Waals surface area (Å²) >= 11 is 0. The zero-order chi connectivity index (χ0) is 23.3. The highest BCUT2D eigenvalue weighted by atomic mass is 16.3.